The fraction of sp³-hybridized carbons (Fsp3) is 0.176. The van der Waals surface area contributed by atoms with Crippen molar-refractivity contribution in [3.05, 3.63) is 46.6 Å². The van der Waals surface area contributed by atoms with Crippen LogP contribution in [0.1, 0.15) is 12.1 Å². The average Bonchev–Trinajstić information content (AvgIpc) is 3.26. The molecule has 1 aliphatic heterocycles. The topological polar surface area (TPSA) is 71.1 Å². The Morgan fingerprint density at radius 1 is 1.15 bits per heavy atom. The number of thiazole rings is 1. The predicted molar refractivity (Wildman–Crippen MR) is 98.6 cm³/mol. The molecule has 0 fully saturated rings. The number of rotatable bonds is 4. The molecule has 3 aromatic rings. The van der Waals surface area contributed by atoms with Crippen LogP contribution in [0.4, 0.5) is 20.2 Å². The maximum Gasteiger partial charge on any atom is 0.159 e. The molecule has 0 saturated heterocycles. The molecule has 0 aliphatic carbocycles. The first kappa shape index (κ1) is 16.8. The van der Waals surface area contributed by atoms with Crippen molar-refractivity contribution in [1.29, 1.82) is 0 Å². The third kappa shape index (κ3) is 2.79. The number of pyridine rings is 1. The van der Waals surface area contributed by atoms with E-state index in [4.69, 9.17) is 4.74 Å². The molecular formula is C17H17F2N5OS. The molecule has 0 unspecified atom stereocenters. The van der Waals surface area contributed by atoms with E-state index >= 15 is 0 Å². The summed E-state index contributed by atoms with van der Waals surface area (Å²) >= 11 is 1.47. The van der Waals surface area contributed by atoms with Gasteiger partial charge in [-0.25, -0.2) is 18.7 Å². The minimum Gasteiger partial charge on any atom is -0.378 e. The number of nitrogens with zero attached hydrogens (tertiary/aromatic N) is 2. The summed E-state index contributed by atoms with van der Waals surface area (Å²) in [5, 5.41) is 0.836. The molecule has 0 bridgehead atoms. The molecule has 136 valence electrons. The van der Waals surface area contributed by atoms with Crippen LogP contribution in [0.3, 0.4) is 0 Å². The Hall–Kier alpha value is -2.62. The van der Waals surface area contributed by atoms with E-state index in [1.165, 1.54) is 11.3 Å². The van der Waals surface area contributed by atoms with Gasteiger partial charge in [0.25, 0.3) is 0 Å². The zero-order valence-corrected chi connectivity index (χ0v) is 14.8. The molecule has 2 aromatic heterocycles. The average molecular weight is 377 g/mol. The van der Waals surface area contributed by atoms with E-state index in [1.54, 1.807) is 19.2 Å². The lowest BCUT2D eigenvalue weighted by atomic mass is 10.1. The van der Waals surface area contributed by atoms with Crippen molar-refractivity contribution in [1.82, 2.24) is 15.5 Å². The minimum absolute atomic E-state index is 0. The molecule has 26 heavy (non-hydrogen) atoms. The van der Waals surface area contributed by atoms with Crippen LogP contribution in [-0.4, -0.2) is 17.1 Å². The Kier molecular flexibility index (Phi) is 4.27. The summed E-state index contributed by atoms with van der Waals surface area (Å²) in [5.41, 5.74) is 9.57. The molecule has 0 amide bonds. The Morgan fingerprint density at radius 2 is 1.92 bits per heavy atom. The number of benzene rings is 1. The van der Waals surface area contributed by atoms with Gasteiger partial charge in [-0.3, -0.25) is 10.9 Å². The molecule has 9 heteroatoms. The van der Waals surface area contributed by atoms with Crippen LogP contribution in [0.5, 0.6) is 0 Å². The third-order valence-corrected chi connectivity index (χ3v) is 5.11. The van der Waals surface area contributed by atoms with Crippen molar-refractivity contribution in [3.8, 4) is 21.8 Å². The Labute approximate surface area is 153 Å². The molecular weight excluding hydrogens is 360 g/mol. The standard InChI is InChI=1S/C17H15F2N5OS.H2/c1-8-17(26-13(20-8)7-25-2)12-5-3-4-11(21-12)9-6-10(18)15-16(14(9)19)23-24-22-15;/h3-6,22-24H,7H2,1-2H3;1H. The minimum atomic E-state index is -0.579. The highest BCUT2D eigenvalue weighted by Crippen LogP contribution is 2.37. The van der Waals surface area contributed by atoms with Crippen molar-refractivity contribution >= 4 is 22.7 Å². The molecule has 0 radical (unpaired) electrons. The van der Waals surface area contributed by atoms with Gasteiger partial charge in [0.2, 0.25) is 0 Å². The van der Waals surface area contributed by atoms with Crippen molar-refractivity contribution in [2.24, 2.45) is 0 Å². The summed E-state index contributed by atoms with van der Waals surface area (Å²) in [4.78, 5) is 9.86. The fourth-order valence-electron chi connectivity index (χ4n) is 2.79. The normalized spacial score (nSPS) is 12.6. The lowest BCUT2D eigenvalue weighted by Gasteiger charge is -2.09. The molecule has 0 atom stereocenters. The van der Waals surface area contributed by atoms with Gasteiger partial charge in [-0.2, -0.15) is 0 Å². The second-order valence-electron chi connectivity index (χ2n) is 5.71. The van der Waals surface area contributed by atoms with Crippen molar-refractivity contribution in [2.45, 2.75) is 13.5 Å². The van der Waals surface area contributed by atoms with E-state index in [0.29, 0.717) is 18.0 Å². The highest BCUT2D eigenvalue weighted by atomic mass is 32.1. The van der Waals surface area contributed by atoms with E-state index < -0.39 is 11.6 Å². The van der Waals surface area contributed by atoms with E-state index in [0.717, 1.165) is 21.6 Å². The fourth-order valence-corrected chi connectivity index (χ4v) is 3.80. The zero-order chi connectivity index (χ0) is 18.3. The number of anilines is 2. The SMILES string of the molecule is COCc1nc(C)c(-c2cccc(-c3cc(F)c4c(c3F)NNN4)n2)s1.[HH]. The van der Waals surface area contributed by atoms with Crippen LogP contribution >= 0.6 is 11.3 Å². The second-order valence-corrected chi connectivity index (χ2v) is 6.79. The molecule has 3 heterocycles. The van der Waals surface area contributed by atoms with E-state index in [1.807, 2.05) is 13.0 Å². The number of halogens is 2. The number of hydrogen-bond donors (Lipinski definition) is 3. The van der Waals surface area contributed by atoms with Crippen LogP contribution < -0.4 is 16.4 Å². The Balaban J connectivity index is 0.00000210. The van der Waals surface area contributed by atoms with Crippen molar-refractivity contribution in [2.75, 3.05) is 18.0 Å². The Bertz CT molecular complexity index is 998. The summed E-state index contributed by atoms with van der Waals surface area (Å²) in [6.07, 6.45) is 0. The molecule has 1 aliphatic rings. The third-order valence-electron chi connectivity index (χ3n) is 3.96. The number of ether oxygens (including phenoxy) is 1. The number of aromatic nitrogens is 2. The first-order valence-electron chi connectivity index (χ1n) is 7.80. The number of hydrazine groups is 2. The van der Waals surface area contributed by atoms with Gasteiger partial charge in [0.15, 0.2) is 11.6 Å². The summed E-state index contributed by atoms with van der Waals surface area (Å²) < 4.78 is 34.1. The van der Waals surface area contributed by atoms with E-state index in [9.17, 15) is 8.78 Å². The molecule has 3 N–H and O–H groups in total. The molecule has 0 saturated carbocycles. The van der Waals surface area contributed by atoms with Crippen molar-refractivity contribution < 1.29 is 14.9 Å². The van der Waals surface area contributed by atoms with E-state index in [2.05, 4.69) is 26.4 Å². The maximum absolute atomic E-state index is 14.8. The number of nitrogens with one attached hydrogen (secondary N) is 3. The monoisotopic (exact) mass is 377 g/mol. The van der Waals surface area contributed by atoms with Crippen LogP contribution in [0, 0.1) is 18.6 Å². The largest absolute Gasteiger partial charge is 0.378 e. The van der Waals surface area contributed by atoms with E-state index in [-0.39, 0.29) is 18.4 Å². The molecule has 4 rings (SSSR count). The summed E-state index contributed by atoms with van der Waals surface area (Å²) in [6, 6.07) is 6.37. The Morgan fingerprint density at radius 3 is 2.73 bits per heavy atom. The van der Waals surface area contributed by atoms with Gasteiger partial charge in [0.05, 0.1) is 28.6 Å². The number of hydrogen-bond acceptors (Lipinski definition) is 7. The molecule has 1 aromatic carbocycles. The van der Waals surface area contributed by atoms with Gasteiger partial charge in [-0.15, -0.1) is 16.9 Å². The summed E-state index contributed by atoms with van der Waals surface area (Å²) in [6.45, 7) is 2.30. The predicted octanol–water partition coefficient (Wildman–Crippen LogP) is 4.11. The van der Waals surface area contributed by atoms with Gasteiger partial charge >= 0.3 is 0 Å². The van der Waals surface area contributed by atoms with Gasteiger partial charge < -0.3 is 4.74 Å². The van der Waals surface area contributed by atoms with Gasteiger partial charge in [0, 0.05) is 14.1 Å². The highest BCUT2D eigenvalue weighted by Gasteiger charge is 2.24. The smallest absolute Gasteiger partial charge is 0.159 e. The number of fused-ring (bicyclic) bond motifs is 1. The van der Waals surface area contributed by atoms with Crippen LogP contribution in [-0.2, 0) is 11.3 Å². The van der Waals surface area contributed by atoms with Gasteiger partial charge in [-0.05, 0) is 25.1 Å². The number of aryl methyl sites for hydroxylation is 1. The lowest BCUT2D eigenvalue weighted by Crippen LogP contribution is -2.19. The highest BCUT2D eigenvalue weighted by molar-refractivity contribution is 7.15. The van der Waals surface area contributed by atoms with Crippen LogP contribution in [0.25, 0.3) is 21.8 Å². The number of methoxy groups -OCH3 is 1. The lowest BCUT2D eigenvalue weighted by molar-refractivity contribution is 0.184. The summed E-state index contributed by atoms with van der Waals surface area (Å²) in [7, 11) is 1.61. The second kappa shape index (κ2) is 6.60. The first-order valence-corrected chi connectivity index (χ1v) is 8.62. The zero-order valence-electron chi connectivity index (χ0n) is 14.0. The quantitative estimate of drug-likeness (QED) is 0.636. The first-order chi connectivity index (χ1) is 12.6. The summed E-state index contributed by atoms with van der Waals surface area (Å²) in [5.74, 6) is -1.15. The van der Waals surface area contributed by atoms with Gasteiger partial charge in [0.1, 0.15) is 16.4 Å². The van der Waals surface area contributed by atoms with Crippen LogP contribution in [0.15, 0.2) is 24.3 Å². The van der Waals surface area contributed by atoms with Crippen molar-refractivity contribution in [3.63, 3.8) is 0 Å². The molecule has 6 nitrogen and oxygen atoms in total. The van der Waals surface area contributed by atoms with Gasteiger partial charge in [-0.1, -0.05) is 6.07 Å². The maximum atomic E-state index is 14.8. The van der Waals surface area contributed by atoms with Crippen LogP contribution in [0.2, 0.25) is 0 Å². The molecule has 0 spiro atoms.